The molecule has 0 unspecified atom stereocenters. The van der Waals surface area contributed by atoms with Crippen molar-refractivity contribution >= 4 is 17.8 Å². The second-order valence-electron chi connectivity index (χ2n) is 5.84. The van der Waals surface area contributed by atoms with Crippen LogP contribution in [-0.4, -0.2) is 37.0 Å². The molecular weight excluding hydrogens is 315 g/mol. The molecule has 0 bridgehead atoms. The molecule has 6 nitrogen and oxygen atoms in total. The van der Waals surface area contributed by atoms with E-state index in [4.69, 9.17) is 0 Å². The summed E-state index contributed by atoms with van der Waals surface area (Å²) < 4.78 is 17.7. The number of benzene rings is 1. The lowest BCUT2D eigenvalue weighted by molar-refractivity contribution is -0.146. The second-order valence-corrected chi connectivity index (χ2v) is 5.84. The van der Waals surface area contributed by atoms with Gasteiger partial charge < -0.3 is 15.4 Å². The first-order valence-corrected chi connectivity index (χ1v) is 7.64. The van der Waals surface area contributed by atoms with Gasteiger partial charge in [-0.3, -0.25) is 9.59 Å². The number of ether oxygens (including phenoxy) is 1. The van der Waals surface area contributed by atoms with Crippen LogP contribution in [0.5, 0.6) is 0 Å². The van der Waals surface area contributed by atoms with Gasteiger partial charge in [0.15, 0.2) is 0 Å². The third-order valence-electron chi connectivity index (χ3n) is 3.47. The van der Waals surface area contributed by atoms with Crippen molar-refractivity contribution in [1.29, 1.82) is 0 Å². The van der Waals surface area contributed by atoms with E-state index in [-0.39, 0.29) is 24.1 Å². The lowest BCUT2D eigenvalue weighted by Gasteiger charge is -2.24. The molecule has 2 amide bonds. The average Bonchev–Trinajstić information content (AvgIpc) is 2.52. The Morgan fingerprint density at radius 1 is 1.12 bits per heavy atom. The summed E-state index contributed by atoms with van der Waals surface area (Å²) in [6, 6.07) is 3.95. The number of nitrogens with one attached hydrogen (secondary N) is 2. The number of rotatable bonds is 7. The molecule has 7 heteroatoms. The first-order valence-electron chi connectivity index (χ1n) is 7.64. The Labute approximate surface area is 140 Å². The van der Waals surface area contributed by atoms with Crippen LogP contribution in [0.1, 0.15) is 26.3 Å². The average molecular weight is 338 g/mol. The number of amides is 2. The molecule has 0 aliphatic carbocycles. The van der Waals surface area contributed by atoms with Crippen LogP contribution < -0.4 is 10.6 Å². The van der Waals surface area contributed by atoms with Gasteiger partial charge in [-0.15, -0.1) is 0 Å². The van der Waals surface area contributed by atoms with Crippen molar-refractivity contribution < 1.29 is 23.5 Å². The molecule has 0 aliphatic heterocycles. The predicted octanol–water partition coefficient (Wildman–Crippen LogP) is 1.19. The van der Waals surface area contributed by atoms with Gasteiger partial charge in [0.1, 0.15) is 17.9 Å². The smallest absolute Gasteiger partial charge is 0.328 e. The monoisotopic (exact) mass is 338 g/mol. The third-order valence-corrected chi connectivity index (χ3v) is 3.47. The molecule has 2 atom stereocenters. The van der Waals surface area contributed by atoms with Crippen molar-refractivity contribution in [2.45, 2.75) is 39.3 Å². The first-order chi connectivity index (χ1) is 11.2. The summed E-state index contributed by atoms with van der Waals surface area (Å²) in [5, 5.41) is 5.15. The number of methoxy groups -OCH3 is 1. The Hall–Kier alpha value is -2.44. The SMILES string of the molecule is COC(=O)[C@H](NC(=O)[C@@H](Cc1ccc(F)cc1)NC(C)=O)C(C)C. The topological polar surface area (TPSA) is 84.5 Å². The summed E-state index contributed by atoms with van der Waals surface area (Å²) >= 11 is 0. The molecular formula is C17H23FN2O4. The van der Waals surface area contributed by atoms with Gasteiger partial charge >= 0.3 is 5.97 Å². The fourth-order valence-corrected chi connectivity index (χ4v) is 2.19. The van der Waals surface area contributed by atoms with Gasteiger partial charge in [0.05, 0.1) is 7.11 Å². The highest BCUT2D eigenvalue weighted by Crippen LogP contribution is 2.08. The molecule has 0 heterocycles. The van der Waals surface area contributed by atoms with Gasteiger partial charge in [0.25, 0.3) is 0 Å². The standard InChI is InChI=1S/C17H23FN2O4/c1-10(2)15(17(23)24-4)20-16(22)14(19-11(3)21)9-12-5-7-13(18)8-6-12/h5-8,10,14-15H,9H2,1-4H3,(H,19,21)(H,20,22)/t14-,15-/m1/s1. The maximum Gasteiger partial charge on any atom is 0.328 e. The van der Waals surface area contributed by atoms with Gasteiger partial charge in [0, 0.05) is 13.3 Å². The Morgan fingerprint density at radius 3 is 2.17 bits per heavy atom. The first kappa shape index (κ1) is 19.6. The summed E-state index contributed by atoms with van der Waals surface area (Å²) in [5.41, 5.74) is 0.685. The second kappa shape index (κ2) is 9.00. The van der Waals surface area contributed by atoms with Gasteiger partial charge in [0.2, 0.25) is 11.8 Å². The number of halogens is 1. The molecule has 1 aromatic carbocycles. The van der Waals surface area contributed by atoms with Crippen LogP contribution in [0.2, 0.25) is 0 Å². The fraction of sp³-hybridized carbons (Fsp3) is 0.471. The summed E-state index contributed by atoms with van der Waals surface area (Å²) in [7, 11) is 1.24. The maximum absolute atomic E-state index is 13.0. The Bertz CT molecular complexity index is 587. The highest BCUT2D eigenvalue weighted by Gasteiger charge is 2.29. The molecule has 0 aromatic heterocycles. The molecule has 0 spiro atoms. The van der Waals surface area contributed by atoms with Crippen molar-refractivity contribution in [1.82, 2.24) is 10.6 Å². The molecule has 0 saturated heterocycles. The van der Waals surface area contributed by atoms with Gasteiger partial charge in [-0.1, -0.05) is 26.0 Å². The number of carbonyl (C=O) groups excluding carboxylic acids is 3. The highest BCUT2D eigenvalue weighted by molar-refractivity contribution is 5.90. The number of hydrogen-bond acceptors (Lipinski definition) is 4. The zero-order chi connectivity index (χ0) is 18.3. The van der Waals surface area contributed by atoms with Crippen molar-refractivity contribution in [3.05, 3.63) is 35.6 Å². The van der Waals surface area contributed by atoms with Crippen LogP contribution in [0.25, 0.3) is 0 Å². The van der Waals surface area contributed by atoms with Crippen molar-refractivity contribution in [2.24, 2.45) is 5.92 Å². The maximum atomic E-state index is 13.0. The number of esters is 1. The van der Waals surface area contributed by atoms with E-state index in [1.807, 2.05) is 0 Å². The minimum absolute atomic E-state index is 0.176. The van der Waals surface area contributed by atoms with E-state index in [9.17, 15) is 18.8 Å². The Kier molecular flexibility index (Phi) is 7.35. The molecule has 132 valence electrons. The molecule has 0 saturated carbocycles. The van der Waals surface area contributed by atoms with Crippen molar-refractivity contribution in [3.8, 4) is 0 Å². The highest BCUT2D eigenvalue weighted by atomic mass is 19.1. The van der Waals surface area contributed by atoms with Gasteiger partial charge in [-0.2, -0.15) is 0 Å². The number of hydrogen-bond donors (Lipinski definition) is 2. The number of carbonyl (C=O) groups is 3. The minimum atomic E-state index is -0.876. The molecule has 1 aromatic rings. The zero-order valence-corrected chi connectivity index (χ0v) is 14.3. The quantitative estimate of drug-likeness (QED) is 0.732. The summed E-state index contributed by atoms with van der Waals surface area (Å²) in [5.74, 6) is -1.99. The Balaban J connectivity index is 2.89. The molecule has 0 aliphatic rings. The van der Waals surface area contributed by atoms with Crippen molar-refractivity contribution in [3.63, 3.8) is 0 Å². The Morgan fingerprint density at radius 2 is 1.71 bits per heavy atom. The van der Waals surface area contributed by atoms with E-state index in [0.717, 1.165) is 0 Å². The third kappa shape index (κ3) is 5.98. The fourth-order valence-electron chi connectivity index (χ4n) is 2.19. The lowest BCUT2D eigenvalue weighted by atomic mass is 10.0. The van der Waals surface area contributed by atoms with Crippen LogP contribution in [0.3, 0.4) is 0 Å². The van der Waals surface area contributed by atoms with Crippen LogP contribution >= 0.6 is 0 Å². The van der Waals surface area contributed by atoms with Crippen LogP contribution in [0, 0.1) is 11.7 Å². The van der Waals surface area contributed by atoms with E-state index in [0.29, 0.717) is 5.56 Å². The normalized spacial score (nSPS) is 13.1. The van der Waals surface area contributed by atoms with Gasteiger partial charge in [-0.05, 0) is 23.6 Å². The summed E-state index contributed by atoms with van der Waals surface area (Å²) in [4.78, 5) is 35.6. The lowest BCUT2D eigenvalue weighted by Crippen LogP contribution is -2.53. The van der Waals surface area contributed by atoms with E-state index in [2.05, 4.69) is 15.4 Å². The summed E-state index contributed by atoms with van der Waals surface area (Å²) in [6.45, 7) is 4.84. The molecule has 0 radical (unpaired) electrons. The molecule has 0 fully saturated rings. The van der Waals surface area contributed by atoms with E-state index in [1.165, 1.54) is 38.3 Å². The molecule has 24 heavy (non-hydrogen) atoms. The molecule has 2 N–H and O–H groups in total. The van der Waals surface area contributed by atoms with Gasteiger partial charge in [-0.25, -0.2) is 9.18 Å². The van der Waals surface area contributed by atoms with E-state index < -0.39 is 24.0 Å². The molecule has 1 rings (SSSR count). The van der Waals surface area contributed by atoms with Crippen molar-refractivity contribution in [2.75, 3.05) is 7.11 Å². The van der Waals surface area contributed by atoms with Crippen LogP contribution in [-0.2, 0) is 25.5 Å². The predicted molar refractivity (Wildman–Crippen MR) is 86.5 cm³/mol. The largest absolute Gasteiger partial charge is 0.467 e. The van der Waals surface area contributed by atoms with Crippen LogP contribution in [0.4, 0.5) is 4.39 Å². The van der Waals surface area contributed by atoms with E-state index in [1.54, 1.807) is 13.8 Å². The van der Waals surface area contributed by atoms with E-state index >= 15 is 0 Å². The minimum Gasteiger partial charge on any atom is -0.467 e. The summed E-state index contributed by atoms with van der Waals surface area (Å²) in [6.07, 6.45) is 0.178. The van der Waals surface area contributed by atoms with Crippen LogP contribution in [0.15, 0.2) is 24.3 Å². The zero-order valence-electron chi connectivity index (χ0n) is 14.3.